The molecule has 0 spiro atoms. The molecule has 0 fully saturated rings. The van der Waals surface area contributed by atoms with Crippen LogP contribution in [0.15, 0.2) is 30.3 Å². The van der Waals surface area contributed by atoms with E-state index in [1.54, 1.807) is 0 Å². The number of carbonyl (C=O) groups excluding carboxylic acids is 1. The van der Waals surface area contributed by atoms with Gasteiger partial charge in [0.1, 0.15) is 6.04 Å². The Hall–Kier alpha value is -1.75. The van der Waals surface area contributed by atoms with Crippen LogP contribution in [0.25, 0.3) is 11.4 Å². The number of carbonyl (C=O) groups is 1. The fraction of sp³-hybridized carbons (Fsp3) is 0.619. The van der Waals surface area contributed by atoms with Gasteiger partial charge in [-0.15, -0.1) is 10.2 Å². The molecule has 0 saturated carbocycles. The highest BCUT2D eigenvalue weighted by Crippen LogP contribution is 2.20. The zero-order valence-electron chi connectivity index (χ0n) is 16.3. The molecule has 27 heavy (non-hydrogen) atoms. The quantitative estimate of drug-likeness (QED) is 0.295. The molecular weight excluding hydrogens is 360 g/mol. The molecule has 1 atom stereocenters. The molecule has 148 valence electrons. The van der Waals surface area contributed by atoms with Gasteiger partial charge in [0.05, 0.1) is 0 Å². The van der Waals surface area contributed by atoms with E-state index >= 15 is 0 Å². The highest BCUT2D eigenvalue weighted by molar-refractivity contribution is 6.64. The molecular formula is C21H31ClN4O. The normalized spacial score (nSPS) is 12.2. The Kier molecular flexibility index (Phi) is 10.1. The van der Waals surface area contributed by atoms with Crippen LogP contribution >= 0.6 is 11.6 Å². The lowest BCUT2D eigenvalue weighted by Gasteiger charge is -2.10. The number of hydrogen-bond donors (Lipinski definition) is 0. The number of halogens is 1. The maximum Gasteiger partial charge on any atom is 0.248 e. The number of unbranched alkanes of at least 4 members (excludes halogenated alkanes) is 9. The number of nitrogens with zero attached hydrogens (tertiary/aromatic N) is 4. The Morgan fingerprint density at radius 1 is 0.963 bits per heavy atom. The van der Waals surface area contributed by atoms with Crippen molar-refractivity contribution in [2.24, 2.45) is 0 Å². The third-order valence-electron chi connectivity index (χ3n) is 4.83. The first-order valence-electron chi connectivity index (χ1n) is 10.3. The van der Waals surface area contributed by atoms with Crippen LogP contribution in [0.2, 0.25) is 0 Å². The lowest BCUT2D eigenvalue weighted by Crippen LogP contribution is -2.18. The molecule has 0 bridgehead atoms. The van der Waals surface area contributed by atoms with Crippen molar-refractivity contribution in [2.75, 3.05) is 0 Å². The molecule has 0 amide bonds. The monoisotopic (exact) mass is 390 g/mol. The molecule has 0 radical (unpaired) electrons. The van der Waals surface area contributed by atoms with Crippen LogP contribution in [0.4, 0.5) is 0 Å². The Balaban J connectivity index is 1.70. The topological polar surface area (TPSA) is 60.7 Å². The zero-order valence-corrected chi connectivity index (χ0v) is 17.1. The van der Waals surface area contributed by atoms with Gasteiger partial charge in [-0.1, -0.05) is 101 Å². The maximum atomic E-state index is 11.8. The Bertz CT molecular complexity index is 659. The number of benzene rings is 1. The van der Waals surface area contributed by atoms with Crippen molar-refractivity contribution in [2.45, 2.75) is 83.6 Å². The SMILES string of the molecule is CCCCCCCCCCCCC(C(=O)Cl)n1nnc(-c2ccccc2)n1. The van der Waals surface area contributed by atoms with Crippen molar-refractivity contribution in [3.05, 3.63) is 30.3 Å². The van der Waals surface area contributed by atoms with Gasteiger partial charge in [0, 0.05) is 5.56 Å². The summed E-state index contributed by atoms with van der Waals surface area (Å²) in [6.45, 7) is 2.25. The van der Waals surface area contributed by atoms with Gasteiger partial charge in [-0.25, -0.2) is 0 Å². The molecule has 2 aromatic rings. The smallest absolute Gasteiger partial charge is 0.248 e. The molecule has 5 nitrogen and oxygen atoms in total. The summed E-state index contributed by atoms with van der Waals surface area (Å²) in [6.07, 6.45) is 13.2. The van der Waals surface area contributed by atoms with Crippen molar-refractivity contribution in [3.63, 3.8) is 0 Å². The summed E-state index contributed by atoms with van der Waals surface area (Å²) in [5.41, 5.74) is 0.878. The van der Waals surface area contributed by atoms with E-state index in [0.29, 0.717) is 12.2 Å². The number of hydrogen-bond acceptors (Lipinski definition) is 4. The van der Waals surface area contributed by atoms with Crippen molar-refractivity contribution < 1.29 is 4.79 Å². The fourth-order valence-electron chi connectivity index (χ4n) is 3.20. The standard InChI is InChI=1S/C21H31ClN4O/c1-2-3-4-5-6-7-8-9-10-14-17-19(20(22)27)26-24-21(23-25-26)18-15-12-11-13-16-18/h11-13,15-16,19H,2-10,14,17H2,1H3. The number of rotatable bonds is 14. The van der Waals surface area contributed by atoms with Crippen LogP contribution in [0.5, 0.6) is 0 Å². The van der Waals surface area contributed by atoms with Crippen LogP contribution < -0.4 is 0 Å². The van der Waals surface area contributed by atoms with Crippen molar-refractivity contribution in [3.8, 4) is 11.4 Å². The summed E-state index contributed by atoms with van der Waals surface area (Å²) in [5.74, 6) is 0.515. The van der Waals surface area contributed by atoms with E-state index in [4.69, 9.17) is 11.6 Å². The van der Waals surface area contributed by atoms with Gasteiger partial charge < -0.3 is 0 Å². The van der Waals surface area contributed by atoms with Gasteiger partial charge in [0.15, 0.2) is 0 Å². The molecule has 0 saturated heterocycles. The second-order valence-electron chi connectivity index (χ2n) is 7.09. The van der Waals surface area contributed by atoms with E-state index < -0.39 is 11.3 Å². The third-order valence-corrected chi connectivity index (χ3v) is 5.08. The Labute approximate surface area is 167 Å². The van der Waals surface area contributed by atoms with E-state index in [1.165, 1.54) is 56.2 Å². The molecule has 2 rings (SSSR count). The van der Waals surface area contributed by atoms with E-state index in [2.05, 4.69) is 22.3 Å². The molecule has 0 aliphatic heterocycles. The summed E-state index contributed by atoms with van der Waals surface area (Å²) in [7, 11) is 0. The van der Waals surface area contributed by atoms with E-state index in [0.717, 1.165) is 18.4 Å². The van der Waals surface area contributed by atoms with Crippen molar-refractivity contribution >= 4 is 16.8 Å². The van der Waals surface area contributed by atoms with E-state index in [1.807, 2.05) is 30.3 Å². The largest absolute Gasteiger partial charge is 0.279 e. The first-order valence-corrected chi connectivity index (χ1v) is 10.6. The summed E-state index contributed by atoms with van der Waals surface area (Å²) in [4.78, 5) is 13.2. The predicted octanol–water partition coefficient (Wildman–Crippen LogP) is 5.96. The van der Waals surface area contributed by atoms with Crippen LogP contribution in [-0.2, 0) is 4.79 Å². The minimum Gasteiger partial charge on any atom is -0.279 e. The third kappa shape index (κ3) is 7.79. The molecule has 1 aromatic carbocycles. The van der Waals surface area contributed by atoms with Crippen LogP contribution in [0.1, 0.15) is 83.6 Å². The number of aromatic nitrogens is 4. The van der Waals surface area contributed by atoms with Crippen molar-refractivity contribution in [1.82, 2.24) is 20.2 Å². The maximum absolute atomic E-state index is 11.8. The minimum absolute atomic E-state index is 0.428. The summed E-state index contributed by atoms with van der Waals surface area (Å²) in [5, 5.41) is 12.0. The van der Waals surface area contributed by atoms with Gasteiger partial charge in [0.25, 0.3) is 0 Å². The van der Waals surface area contributed by atoms with Gasteiger partial charge in [0.2, 0.25) is 11.1 Å². The fourth-order valence-corrected chi connectivity index (χ4v) is 3.40. The highest BCUT2D eigenvalue weighted by Gasteiger charge is 2.21. The molecule has 0 aliphatic carbocycles. The number of tetrazole rings is 1. The predicted molar refractivity (Wildman–Crippen MR) is 110 cm³/mol. The van der Waals surface area contributed by atoms with Gasteiger partial charge in [-0.2, -0.15) is 4.80 Å². The second kappa shape index (κ2) is 12.6. The highest BCUT2D eigenvalue weighted by atomic mass is 35.5. The first kappa shape index (κ1) is 21.5. The second-order valence-corrected chi connectivity index (χ2v) is 7.46. The summed E-state index contributed by atoms with van der Waals surface area (Å²) >= 11 is 5.79. The van der Waals surface area contributed by atoms with Gasteiger partial charge >= 0.3 is 0 Å². The van der Waals surface area contributed by atoms with Crippen LogP contribution in [-0.4, -0.2) is 25.4 Å². The van der Waals surface area contributed by atoms with Crippen molar-refractivity contribution in [1.29, 1.82) is 0 Å². The molecule has 0 aliphatic rings. The molecule has 1 unspecified atom stereocenters. The first-order chi connectivity index (χ1) is 13.2. The molecule has 6 heteroatoms. The zero-order chi connectivity index (χ0) is 19.3. The average molecular weight is 391 g/mol. The molecule has 0 N–H and O–H groups in total. The average Bonchev–Trinajstić information content (AvgIpc) is 3.16. The van der Waals surface area contributed by atoms with E-state index in [-0.39, 0.29) is 0 Å². The summed E-state index contributed by atoms with van der Waals surface area (Å²) in [6, 6.07) is 9.08. The Morgan fingerprint density at radius 3 is 2.15 bits per heavy atom. The summed E-state index contributed by atoms with van der Waals surface area (Å²) < 4.78 is 0. The lowest BCUT2D eigenvalue weighted by atomic mass is 10.0. The van der Waals surface area contributed by atoms with Crippen LogP contribution in [0, 0.1) is 0 Å². The van der Waals surface area contributed by atoms with Gasteiger partial charge in [-0.3, -0.25) is 4.79 Å². The van der Waals surface area contributed by atoms with Gasteiger partial charge in [-0.05, 0) is 23.2 Å². The minimum atomic E-state index is -0.536. The molecule has 1 heterocycles. The van der Waals surface area contributed by atoms with E-state index in [9.17, 15) is 4.79 Å². The molecule has 1 aromatic heterocycles. The van der Waals surface area contributed by atoms with Crippen LogP contribution in [0.3, 0.4) is 0 Å². The lowest BCUT2D eigenvalue weighted by molar-refractivity contribution is -0.115. The Morgan fingerprint density at radius 2 is 1.56 bits per heavy atom.